The Hall–Kier alpha value is -3.42. The van der Waals surface area contributed by atoms with Gasteiger partial charge in [-0.05, 0) is 59.7 Å². The fourth-order valence-electron chi connectivity index (χ4n) is 3.84. The number of aromatic nitrogens is 4. The second kappa shape index (κ2) is 8.30. The molecule has 3 aromatic rings. The van der Waals surface area contributed by atoms with Crippen molar-refractivity contribution in [2.24, 2.45) is 0 Å². The van der Waals surface area contributed by atoms with E-state index in [1.54, 1.807) is 11.8 Å². The zero-order valence-electron chi connectivity index (χ0n) is 16.3. The van der Waals surface area contributed by atoms with Crippen molar-refractivity contribution in [2.75, 3.05) is 12.4 Å². The first-order valence-electron chi connectivity index (χ1n) is 9.78. The van der Waals surface area contributed by atoms with Gasteiger partial charge in [-0.1, -0.05) is 37.5 Å². The molecule has 0 aliphatic heterocycles. The number of ether oxygens (including phenoxy) is 1. The second-order valence-electron chi connectivity index (χ2n) is 7.20. The maximum Gasteiger partial charge on any atom is 0.320 e. The van der Waals surface area contributed by atoms with Gasteiger partial charge in [0, 0.05) is 5.69 Å². The number of hydrogen-bond acceptors (Lipinski definition) is 5. The van der Waals surface area contributed by atoms with Crippen LogP contribution in [0.15, 0.2) is 54.6 Å². The summed E-state index contributed by atoms with van der Waals surface area (Å²) in [6.45, 7) is 0. The molecule has 1 aromatic heterocycles. The Morgan fingerprint density at radius 2 is 1.76 bits per heavy atom. The lowest BCUT2D eigenvalue weighted by Crippen LogP contribution is -2.50. The van der Waals surface area contributed by atoms with E-state index >= 15 is 0 Å². The molecule has 0 unspecified atom stereocenters. The van der Waals surface area contributed by atoms with Crippen LogP contribution in [0, 0.1) is 0 Å². The maximum atomic E-state index is 12.8. The van der Waals surface area contributed by atoms with Crippen molar-refractivity contribution >= 4 is 11.7 Å². The van der Waals surface area contributed by atoms with E-state index in [1.165, 1.54) is 0 Å². The lowest BCUT2D eigenvalue weighted by atomic mass is 9.81. The lowest BCUT2D eigenvalue weighted by Gasteiger charge is -2.36. The van der Waals surface area contributed by atoms with E-state index < -0.39 is 5.54 Å². The Kier molecular flexibility index (Phi) is 5.41. The summed E-state index contributed by atoms with van der Waals surface area (Å²) < 4.78 is 6.94. The SMILES string of the molecule is COc1ccc(-n2nnnc2C2(NC(=O)Nc3ccccc3)CCCCC2)cc1. The van der Waals surface area contributed by atoms with Crippen LogP contribution >= 0.6 is 0 Å². The molecule has 1 heterocycles. The summed E-state index contributed by atoms with van der Waals surface area (Å²) in [5, 5.41) is 18.5. The van der Waals surface area contributed by atoms with Crippen LogP contribution in [-0.2, 0) is 5.54 Å². The number of urea groups is 1. The van der Waals surface area contributed by atoms with E-state index in [9.17, 15) is 4.79 Å². The summed E-state index contributed by atoms with van der Waals surface area (Å²) in [5.74, 6) is 1.40. The summed E-state index contributed by atoms with van der Waals surface area (Å²) in [6, 6.07) is 16.7. The molecule has 1 aliphatic rings. The van der Waals surface area contributed by atoms with Gasteiger partial charge in [0.25, 0.3) is 0 Å². The molecule has 2 N–H and O–H groups in total. The lowest BCUT2D eigenvalue weighted by molar-refractivity contribution is 0.204. The van der Waals surface area contributed by atoms with Gasteiger partial charge in [-0.2, -0.15) is 4.68 Å². The monoisotopic (exact) mass is 392 g/mol. The number of para-hydroxylation sites is 1. The molecule has 0 saturated heterocycles. The number of hydrogen-bond donors (Lipinski definition) is 2. The van der Waals surface area contributed by atoms with E-state index in [4.69, 9.17) is 4.74 Å². The third-order valence-electron chi connectivity index (χ3n) is 5.31. The predicted molar refractivity (Wildman–Crippen MR) is 109 cm³/mol. The number of benzene rings is 2. The zero-order chi connectivity index (χ0) is 20.1. The first-order chi connectivity index (χ1) is 14.2. The molecular formula is C21H24N6O2. The van der Waals surface area contributed by atoms with E-state index in [-0.39, 0.29) is 6.03 Å². The summed E-state index contributed by atoms with van der Waals surface area (Å²) in [4.78, 5) is 12.8. The molecule has 1 saturated carbocycles. The standard InChI is InChI=1S/C21H24N6O2/c1-29-18-12-10-17(11-13-18)27-19(24-25-26-27)21(14-6-3-7-15-21)23-20(28)22-16-8-4-2-5-9-16/h2,4-5,8-13H,3,6-7,14-15H2,1H3,(H2,22,23,28). The molecular weight excluding hydrogens is 368 g/mol. The molecule has 150 valence electrons. The van der Waals surface area contributed by atoms with Crippen LogP contribution in [-0.4, -0.2) is 33.3 Å². The number of anilines is 1. The van der Waals surface area contributed by atoms with Gasteiger partial charge in [0.15, 0.2) is 5.82 Å². The number of amides is 2. The van der Waals surface area contributed by atoms with Gasteiger partial charge < -0.3 is 15.4 Å². The summed E-state index contributed by atoms with van der Waals surface area (Å²) in [7, 11) is 1.63. The van der Waals surface area contributed by atoms with Crippen LogP contribution in [0.5, 0.6) is 5.75 Å². The van der Waals surface area contributed by atoms with Gasteiger partial charge in [0.05, 0.1) is 12.8 Å². The van der Waals surface area contributed by atoms with Crippen molar-refractivity contribution in [3.8, 4) is 11.4 Å². The molecule has 29 heavy (non-hydrogen) atoms. The Balaban J connectivity index is 1.63. The highest BCUT2D eigenvalue weighted by Crippen LogP contribution is 2.36. The van der Waals surface area contributed by atoms with Crippen LogP contribution in [0.4, 0.5) is 10.5 Å². The predicted octanol–water partition coefficient (Wildman–Crippen LogP) is 3.65. The van der Waals surface area contributed by atoms with Crippen molar-refractivity contribution in [1.29, 1.82) is 0 Å². The Morgan fingerprint density at radius 3 is 2.45 bits per heavy atom. The third kappa shape index (κ3) is 4.06. The first kappa shape index (κ1) is 18.9. The maximum absolute atomic E-state index is 12.8. The average molecular weight is 392 g/mol. The summed E-state index contributed by atoms with van der Waals surface area (Å²) in [5.41, 5.74) is 0.937. The number of carbonyl (C=O) groups is 1. The molecule has 0 atom stereocenters. The first-order valence-corrected chi connectivity index (χ1v) is 9.78. The van der Waals surface area contributed by atoms with E-state index in [2.05, 4.69) is 26.2 Å². The van der Waals surface area contributed by atoms with Gasteiger partial charge in [0.1, 0.15) is 11.3 Å². The van der Waals surface area contributed by atoms with Gasteiger partial charge >= 0.3 is 6.03 Å². The van der Waals surface area contributed by atoms with Gasteiger partial charge in [-0.15, -0.1) is 5.10 Å². The molecule has 0 spiro atoms. The molecule has 2 amide bonds. The molecule has 1 fully saturated rings. The highest BCUT2D eigenvalue weighted by atomic mass is 16.5. The molecule has 2 aromatic carbocycles. The van der Waals surface area contributed by atoms with Crippen molar-refractivity contribution in [1.82, 2.24) is 25.5 Å². The van der Waals surface area contributed by atoms with Crippen molar-refractivity contribution in [3.05, 3.63) is 60.4 Å². The van der Waals surface area contributed by atoms with E-state index in [0.717, 1.165) is 49.2 Å². The number of nitrogens with one attached hydrogen (secondary N) is 2. The third-order valence-corrected chi connectivity index (χ3v) is 5.31. The molecule has 0 bridgehead atoms. The summed E-state index contributed by atoms with van der Waals surface area (Å²) in [6.07, 6.45) is 4.70. The van der Waals surface area contributed by atoms with Gasteiger partial charge in [-0.25, -0.2) is 4.79 Å². The number of rotatable bonds is 5. The molecule has 4 rings (SSSR count). The minimum absolute atomic E-state index is 0.262. The van der Waals surface area contributed by atoms with Crippen LogP contribution in [0.3, 0.4) is 0 Å². The minimum atomic E-state index is -0.624. The largest absolute Gasteiger partial charge is 0.497 e. The Morgan fingerprint density at radius 1 is 1.03 bits per heavy atom. The van der Waals surface area contributed by atoms with Crippen molar-refractivity contribution in [3.63, 3.8) is 0 Å². The molecule has 1 aliphatic carbocycles. The average Bonchev–Trinajstić information content (AvgIpc) is 3.26. The normalized spacial score (nSPS) is 15.5. The number of tetrazole rings is 1. The number of carbonyl (C=O) groups excluding carboxylic acids is 1. The number of methoxy groups -OCH3 is 1. The van der Waals surface area contributed by atoms with Crippen LogP contribution < -0.4 is 15.4 Å². The summed E-state index contributed by atoms with van der Waals surface area (Å²) >= 11 is 0. The van der Waals surface area contributed by atoms with E-state index in [0.29, 0.717) is 5.82 Å². The van der Waals surface area contributed by atoms with Crippen LogP contribution in [0.25, 0.3) is 5.69 Å². The van der Waals surface area contributed by atoms with Crippen molar-refractivity contribution in [2.45, 2.75) is 37.6 Å². The van der Waals surface area contributed by atoms with Crippen LogP contribution in [0.2, 0.25) is 0 Å². The quantitative estimate of drug-likeness (QED) is 0.691. The second-order valence-corrected chi connectivity index (χ2v) is 7.20. The molecule has 0 radical (unpaired) electrons. The topological polar surface area (TPSA) is 94.0 Å². The Bertz CT molecular complexity index is 949. The minimum Gasteiger partial charge on any atom is -0.497 e. The number of nitrogens with zero attached hydrogens (tertiary/aromatic N) is 4. The van der Waals surface area contributed by atoms with Crippen molar-refractivity contribution < 1.29 is 9.53 Å². The van der Waals surface area contributed by atoms with Gasteiger partial charge in [-0.3, -0.25) is 0 Å². The molecule has 8 nitrogen and oxygen atoms in total. The van der Waals surface area contributed by atoms with E-state index in [1.807, 2.05) is 54.6 Å². The zero-order valence-corrected chi connectivity index (χ0v) is 16.3. The fraction of sp³-hybridized carbons (Fsp3) is 0.333. The highest BCUT2D eigenvalue weighted by Gasteiger charge is 2.40. The van der Waals surface area contributed by atoms with Crippen LogP contribution in [0.1, 0.15) is 37.9 Å². The smallest absolute Gasteiger partial charge is 0.320 e. The van der Waals surface area contributed by atoms with Gasteiger partial charge in [0.2, 0.25) is 0 Å². The fourth-order valence-corrected chi connectivity index (χ4v) is 3.84. The Labute approximate surface area is 169 Å². The molecule has 8 heteroatoms. The highest BCUT2D eigenvalue weighted by molar-refractivity contribution is 5.89.